The minimum Gasteiger partial charge on any atom is -0.194 e. The molecule has 0 N–H and O–H groups in total. The van der Waals surface area contributed by atoms with Gasteiger partial charge < -0.3 is 0 Å². The SMILES string of the molecule is FC(F)(F)C(F)(F)C(Cl)Br. The summed E-state index contributed by atoms with van der Waals surface area (Å²) < 4.78 is 54.7. The molecule has 62 valence electrons. The summed E-state index contributed by atoms with van der Waals surface area (Å²) >= 11 is 6.43. The van der Waals surface area contributed by atoms with Crippen molar-refractivity contribution in [3.63, 3.8) is 0 Å². The Hall–Kier alpha value is 0.420. The van der Waals surface area contributed by atoms with Gasteiger partial charge in [-0.15, -0.1) is 11.6 Å². The molecule has 0 radical (unpaired) electrons. The van der Waals surface area contributed by atoms with Gasteiger partial charge in [-0.05, 0) is 0 Å². The zero-order chi connectivity index (χ0) is 8.58. The van der Waals surface area contributed by atoms with Gasteiger partial charge >= 0.3 is 12.1 Å². The molecular weight excluding hydrogens is 246 g/mol. The highest BCUT2D eigenvalue weighted by molar-refractivity contribution is 9.10. The maximum atomic E-state index is 11.7. The number of rotatable bonds is 1. The Morgan fingerprint density at radius 1 is 1.10 bits per heavy atom. The molecule has 0 saturated carbocycles. The summed E-state index contributed by atoms with van der Waals surface area (Å²) in [6, 6.07) is 0. The van der Waals surface area contributed by atoms with Crippen LogP contribution >= 0.6 is 27.5 Å². The summed E-state index contributed by atoms with van der Waals surface area (Å²) in [7, 11) is 0. The molecule has 0 aliphatic heterocycles. The van der Waals surface area contributed by atoms with E-state index >= 15 is 0 Å². The normalized spacial score (nSPS) is 17.1. The van der Waals surface area contributed by atoms with Gasteiger partial charge in [0.2, 0.25) is 0 Å². The Bertz CT molecular complexity index is 119. The molecule has 0 saturated heterocycles. The van der Waals surface area contributed by atoms with Gasteiger partial charge in [-0.1, -0.05) is 15.9 Å². The number of alkyl halides is 7. The van der Waals surface area contributed by atoms with Crippen molar-refractivity contribution in [2.24, 2.45) is 0 Å². The Morgan fingerprint density at radius 2 is 1.40 bits per heavy atom. The van der Waals surface area contributed by atoms with Crippen LogP contribution in [0.5, 0.6) is 0 Å². The van der Waals surface area contributed by atoms with Crippen LogP contribution in [-0.4, -0.2) is 16.4 Å². The predicted octanol–water partition coefficient (Wildman–Crippen LogP) is 3.14. The van der Waals surface area contributed by atoms with Crippen molar-refractivity contribution in [1.29, 1.82) is 0 Å². The lowest BCUT2D eigenvalue weighted by atomic mass is 10.4. The van der Waals surface area contributed by atoms with Crippen LogP contribution in [0.25, 0.3) is 0 Å². The van der Waals surface area contributed by atoms with Crippen molar-refractivity contribution in [1.82, 2.24) is 0 Å². The molecule has 10 heavy (non-hydrogen) atoms. The van der Waals surface area contributed by atoms with E-state index < -0.39 is 16.4 Å². The molecular formula is C3HBrClF5. The zero-order valence-electron chi connectivity index (χ0n) is 4.22. The molecule has 0 aromatic carbocycles. The maximum absolute atomic E-state index is 11.7. The van der Waals surface area contributed by atoms with Crippen LogP contribution in [0.4, 0.5) is 22.0 Å². The van der Waals surface area contributed by atoms with Crippen LogP contribution in [0.2, 0.25) is 0 Å². The standard InChI is InChI=1S/C3HBrClF5/c4-1(5)2(6,7)3(8,9)10/h1H. The fraction of sp³-hybridized carbons (Fsp3) is 1.00. The van der Waals surface area contributed by atoms with Gasteiger partial charge in [0.15, 0.2) is 4.29 Å². The summed E-state index contributed by atoms with van der Waals surface area (Å²) in [4.78, 5) is 0. The second kappa shape index (κ2) is 2.81. The zero-order valence-corrected chi connectivity index (χ0v) is 6.57. The first kappa shape index (κ1) is 10.4. The third kappa shape index (κ3) is 1.95. The first-order valence-corrected chi connectivity index (χ1v) is 3.27. The largest absolute Gasteiger partial charge is 0.455 e. The molecule has 0 nitrogen and oxygen atoms in total. The summed E-state index contributed by atoms with van der Waals surface area (Å²) in [6.45, 7) is 0. The topological polar surface area (TPSA) is 0 Å². The van der Waals surface area contributed by atoms with Gasteiger partial charge in [-0.25, -0.2) is 0 Å². The molecule has 0 amide bonds. The molecule has 0 spiro atoms. The summed E-state index contributed by atoms with van der Waals surface area (Å²) in [5.41, 5.74) is 0. The highest BCUT2D eigenvalue weighted by atomic mass is 79.9. The van der Waals surface area contributed by atoms with E-state index in [1.165, 1.54) is 0 Å². The lowest BCUT2D eigenvalue weighted by Crippen LogP contribution is -2.41. The third-order valence-corrected chi connectivity index (χ3v) is 1.50. The van der Waals surface area contributed by atoms with Crippen LogP contribution in [0, 0.1) is 0 Å². The fourth-order valence-electron chi connectivity index (χ4n) is 0.124. The number of hydrogen-bond donors (Lipinski definition) is 0. The second-order valence-electron chi connectivity index (χ2n) is 1.42. The lowest BCUT2D eigenvalue weighted by Gasteiger charge is -2.19. The summed E-state index contributed by atoms with van der Waals surface area (Å²) in [6.07, 6.45) is -5.59. The minimum absolute atomic E-state index is 1.93. The van der Waals surface area contributed by atoms with Crippen LogP contribution in [0.3, 0.4) is 0 Å². The molecule has 0 aliphatic carbocycles. The molecule has 0 rings (SSSR count). The van der Waals surface area contributed by atoms with Crippen molar-refractivity contribution >= 4 is 27.5 Å². The lowest BCUT2D eigenvalue weighted by molar-refractivity contribution is -0.274. The molecule has 0 aromatic heterocycles. The molecule has 1 unspecified atom stereocenters. The fourth-order valence-corrected chi connectivity index (χ4v) is 0.507. The predicted molar refractivity (Wildman–Crippen MR) is 29.6 cm³/mol. The summed E-state index contributed by atoms with van der Waals surface area (Å²) in [5, 5.41) is 0. The Balaban J connectivity index is 4.40. The van der Waals surface area contributed by atoms with Crippen LogP contribution in [-0.2, 0) is 0 Å². The molecule has 0 aromatic rings. The Labute approximate surface area is 66.5 Å². The van der Waals surface area contributed by atoms with Gasteiger partial charge in [0.25, 0.3) is 0 Å². The molecule has 0 bridgehead atoms. The van der Waals surface area contributed by atoms with Gasteiger partial charge in [-0.2, -0.15) is 22.0 Å². The average molecular weight is 247 g/mol. The molecule has 0 heterocycles. The van der Waals surface area contributed by atoms with E-state index in [-0.39, 0.29) is 0 Å². The minimum atomic E-state index is -5.59. The highest BCUT2D eigenvalue weighted by Crippen LogP contribution is 2.42. The summed E-state index contributed by atoms with van der Waals surface area (Å²) in [5.74, 6) is -4.88. The monoisotopic (exact) mass is 246 g/mol. The number of hydrogen-bond acceptors (Lipinski definition) is 0. The highest BCUT2D eigenvalue weighted by Gasteiger charge is 2.61. The van der Waals surface area contributed by atoms with Crippen molar-refractivity contribution in [3.05, 3.63) is 0 Å². The average Bonchev–Trinajstić information content (AvgIpc) is 1.62. The smallest absolute Gasteiger partial charge is 0.194 e. The van der Waals surface area contributed by atoms with Crippen molar-refractivity contribution < 1.29 is 22.0 Å². The quantitative estimate of drug-likeness (QED) is 0.493. The Morgan fingerprint density at radius 3 is 1.40 bits per heavy atom. The van der Waals surface area contributed by atoms with E-state index in [1.807, 2.05) is 15.9 Å². The Kier molecular flexibility index (Phi) is 2.93. The molecule has 1 atom stereocenters. The maximum Gasteiger partial charge on any atom is 0.455 e. The van der Waals surface area contributed by atoms with Gasteiger partial charge in [-0.3, -0.25) is 0 Å². The third-order valence-electron chi connectivity index (χ3n) is 0.652. The van der Waals surface area contributed by atoms with Gasteiger partial charge in [0.05, 0.1) is 0 Å². The first-order chi connectivity index (χ1) is 4.19. The second-order valence-corrected chi connectivity index (χ2v) is 3.30. The van der Waals surface area contributed by atoms with E-state index in [2.05, 4.69) is 11.6 Å². The van der Waals surface area contributed by atoms with Crippen LogP contribution in [0.15, 0.2) is 0 Å². The van der Waals surface area contributed by atoms with Crippen molar-refractivity contribution in [3.8, 4) is 0 Å². The van der Waals surface area contributed by atoms with Gasteiger partial charge in [0, 0.05) is 0 Å². The van der Waals surface area contributed by atoms with Crippen molar-refractivity contribution in [2.45, 2.75) is 16.4 Å². The van der Waals surface area contributed by atoms with E-state index in [4.69, 9.17) is 0 Å². The molecule has 0 fully saturated rings. The van der Waals surface area contributed by atoms with E-state index in [0.29, 0.717) is 0 Å². The van der Waals surface area contributed by atoms with E-state index in [1.54, 1.807) is 0 Å². The van der Waals surface area contributed by atoms with E-state index in [9.17, 15) is 22.0 Å². The number of halogens is 7. The van der Waals surface area contributed by atoms with E-state index in [0.717, 1.165) is 0 Å². The van der Waals surface area contributed by atoms with Crippen LogP contribution in [0.1, 0.15) is 0 Å². The van der Waals surface area contributed by atoms with Gasteiger partial charge in [0.1, 0.15) is 0 Å². The molecule has 0 aliphatic rings. The van der Waals surface area contributed by atoms with Crippen molar-refractivity contribution in [2.75, 3.05) is 0 Å². The molecule has 7 heteroatoms. The first-order valence-electron chi connectivity index (χ1n) is 1.92. The van der Waals surface area contributed by atoms with Crippen LogP contribution < -0.4 is 0 Å².